The molecule has 0 spiro atoms. The predicted octanol–water partition coefficient (Wildman–Crippen LogP) is 2.63. The van der Waals surface area contributed by atoms with E-state index in [0.717, 1.165) is 18.5 Å². The summed E-state index contributed by atoms with van der Waals surface area (Å²) in [5.41, 5.74) is 6.15. The van der Waals surface area contributed by atoms with Gasteiger partial charge in [0.15, 0.2) is 5.82 Å². The highest BCUT2D eigenvalue weighted by Crippen LogP contribution is 2.32. The van der Waals surface area contributed by atoms with E-state index < -0.39 is 5.60 Å². The number of ether oxygens (including phenoxy) is 2. The maximum absolute atomic E-state index is 5.90. The lowest BCUT2D eigenvalue weighted by Gasteiger charge is -2.29. The van der Waals surface area contributed by atoms with Crippen LogP contribution in [0.1, 0.15) is 38.2 Å². The average molecular weight is 318 g/mol. The Labute approximate surface area is 116 Å². The van der Waals surface area contributed by atoms with E-state index >= 15 is 0 Å². The third-order valence-corrected chi connectivity index (χ3v) is 4.03. The predicted molar refractivity (Wildman–Crippen MR) is 74.1 cm³/mol. The van der Waals surface area contributed by atoms with Crippen molar-refractivity contribution in [1.82, 2.24) is 9.97 Å². The first-order valence-electron chi connectivity index (χ1n) is 5.91. The fourth-order valence-electron chi connectivity index (χ4n) is 1.90. The fourth-order valence-corrected chi connectivity index (χ4v) is 2.19. The molecule has 0 bridgehead atoms. The van der Waals surface area contributed by atoms with Gasteiger partial charge in [-0.2, -0.15) is 0 Å². The molecule has 0 fully saturated rings. The summed E-state index contributed by atoms with van der Waals surface area (Å²) < 4.78 is 11.4. The molecule has 0 aliphatic heterocycles. The number of nitrogens with two attached hydrogens (primary N) is 1. The number of methoxy groups -OCH3 is 2. The minimum absolute atomic E-state index is 0.382. The number of rotatable bonds is 6. The second kappa shape index (κ2) is 6.45. The van der Waals surface area contributed by atoms with Gasteiger partial charge in [0.2, 0.25) is 0 Å². The molecule has 0 aliphatic carbocycles. The Hall–Kier alpha value is -0.720. The number of anilines is 1. The van der Waals surface area contributed by atoms with Crippen molar-refractivity contribution in [2.75, 3.05) is 20.0 Å². The van der Waals surface area contributed by atoms with Crippen molar-refractivity contribution in [1.29, 1.82) is 0 Å². The molecule has 2 N–H and O–H groups in total. The molecule has 1 heterocycles. The highest BCUT2D eigenvalue weighted by Gasteiger charge is 2.32. The molecule has 0 unspecified atom stereocenters. The summed E-state index contributed by atoms with van der Waals surface area (Å²) in [5.74, 6) is 1.03. The minimum atomic E-state index is -0.489. The molecule has 18 heavy (non-hydrogen) atoms. The Bertz CT molecular complexity index is 400. The van der Waals surface area contributed by atoms with Gasteiger partial charge in [0.25, 0.3) is 0 Å². The van der Waals surface area contributed by atoms with Gasteiger partial charge in [0.1, 0.15) is 11.4 Å². The highest BCUT2D eigenvalue weighted by molar-refractivity contribution is 9.10. The average Bonchev–Trinajstić information content (AvgIpc) is 2.38. The Morgan fingerprint density at radius 3 is 2.28 bits per heavy atom. The summed E-state index contributed by atoms with van der Waals surface area (Å²) in [5, 5.41) is 0. The van der Waals surface area contributed by atoms with Gasteiger partial charge < -0.3 is 15.2 Å². The van der Waals surface area contributed by atoms with E-state index in [0.29, 0.717) is 22.7 Å². The van der Waals surface area contributed by atoms with Crippen LogP contribution in [-0.4, -0.2) is 24.2 Å². The minimum Gasteiger partial charge on any atom is -0.383 e. The maximum Gasteiger partial charge on any atom is 0.162 e. The normalized spacial score (nSPS) is 11.8. The standard InChI is InChI=1S/C12H20BrN3O2/c1-5-12(6-2,18-4)11-15-8(7-17-3)9(13)10(14)16-11/h5-7H2,1-4H3,(H2,14,15,16). The van der Waals surface area contributed by atoms with Gasteiger partial charge in [-0.15, -0.1) is 0 Å². The fraction of sp³-hybridized carbons (Fsp3) is 0.667. The molecule has 0 aromatic carbocycles. The van der Waals surface area contributed by atoms with Crippen LogP contribution in [-0.2, 0) is 21.7 Å². The van der Waals surface area contributed by atoms with Gasteiger partial charge in [-0.25, -0.2) is 9.97 Å². The summed E-state index contributed by atoms with van der Waals surface area (Å²) in [6.07, 6.45) is 1.57. The van der Waals surface area contributed by atoms with Crippen molar-refractivity contribution in [2.24, 2.45) is 0 Å². The Morgan fingerprint density at radius 1 is 1.22 bits per heavy atom. The van der Waals surface area contributed by atoms with E-state index in [4.69, 9.17) is 15.2 Å². The SMILES string of the molecule is CCC(CC)(OC)c1nc(N)c(Br)c(COC)n1. The van der Waals surface area contributed by atoms with Crippen molar-refractivity contribution in [2.45, 2.75) is 38.9 Å². The quantitative estimate of drug-likeness (QED) is 0.873. The lowest BCUT2D eigenvalue weighted by molar-refractivity contribution is -0.0294. The number of aromatic nitrogens is 2. The number of hydrogen-bond acceptors (Lipinski definition) is 5. The van der Waals surface area contributed by atoms with Gasteiger partial charge in [-0.05, 0) is 28.8 Å². The van der Waals surface area contributed by atoms with Gasteiger partial charge in [-0.3, -0.25) is 0 Å². The van der Waals surface area contributed by atoms with Crippen molar-refractivity contribution in [3.8, 4) is 0 Å². The largest absolute Gasteiger partial charge is 0.383 e. The molecular formula is C12H20BrN3O2. The number of hydrogen-bond donors (Lipinski definition) is 1. The second-order valence-corrected chi connectivity index (χ2v) is 4.82. The van der Waals surface area contributed by atoms with Gasteiger partial charge in [0.05, 0.1) is 16.8 Å². The summed E-state index contributed by atoms with van der Waals surface area (Å²) in [6.45, 7) is 4.47. The zero-order valence-electron chi connectivity index (χ0n) is 11.3. The lowest BCUT2D eigenvalue weighted by Crippen LogP contribution is -2.30. The lowest BCUT2D eigenvalue weighted by atomic mass is 9.96. The Kier molecular flexibility index (Phi) is 5.49. The molecule has 0 atom stereocenters. The van der Waals surface area contributed by atoms with Crippen LogP contribution in [0, 0.1) is 0 Å². The van der Waals surface area contributed by atoms with Crippen LogP contribution in [0.3, 0.4) is 0 Å². The van der Waals surface area contributed by atoms with Crippen LogP contribution < -0.4 is 5.73 Å². The van der Waals surface area contributed by atoms with Gasteiger partial charge in [0, 0.05) is 14.2 Å². The third kappa shape index (κ3) is 2.81. The van der Waals surface area contributed by atoms with Crippen LogP contribution in [0.5, 0.6) is 0 Å². The van der Waals surface area contributed by atoms with Crippen molar-refractivity contribution in [3.05, 3.63) is 16.0 Å². The van der Waals surface area contributed by atoms with Crippen LogP contribution in [0.4, 0.5) is 5.82 Å². The topological polar surface area (TPSA) is 70.3 Å². The van der Waals surface area contributed by atoms with Gasteiger partial charge >= 0.3 is 0 Å². The van der Waals surface area contributed by atoms with E-state index in [2.05, 4.69) is 25.9 Å². The van der Waals surface area contributed by atoms with Crippen LogP contribution in [0.25, 0.3) is 0 Å². The zero-order chi connectivity index (χ0) is 13.8. The molecule has 0 amide bonds. The van der Waals surface area contributed by atoms with Crippen LogP contribution >= 0.6 is 15.9 Å². The van der Waals surface area contributed by atoms with Crippen molar-refractivity contribution >= 4 is 21.7 Å². The molecule has 0 radical (unpaired) electrons. The Balaban J connectivity index is 3.32. The Morgan fingerprint density at radius 2 is 1.83 bits per heavy atom. The number of halogens is 1. The third-order valence-electron chi connectivity index (χ3n) is 3.17. The maximum atomic E-state index is 5.90. The molecule has 0 saturated heterocycles. The number of nitrogen functional groups attached to an aromatic ring is 1. The van der Waals surface area contributed by atoms with E-state index in [1.807, 2.05) is 13.8 Å². The first-order valence-corrected chi connectivity index (χ1v) is 6.70. The van der Waals surface area contributed by atoms with E-state index in [1.165, 1.54) is 0 Å². The molecule has 6 heteroatoms. The molecule has 1 rings (SSSR count). The molecule has 0 aliphatic rings. The smallest absolute Gasteiger partial charge is 0.162 e. The highest BCUT2D eigenvalue weighted by atomic mass is 79.9. The molecular weight excluding hydrogens is 298 g/mol. The number of nitrogens with zero attached hydrogens (tertiary/aromatic N) is 2. The monoisotopic (exact) mass is 317 g/mol. The molecule has 0 saturated carbocycles. The van der Waals surface area contributed by atoms with Gasteiger partial charge in [-0.1, -0.05) is 13.8 Å². The summed E-state index contributed by atoms with van der Waals surface area (Å²) >= 11 is 3.38. The molecule has 1 aromatic rings. The van der Waals surface area contributed by atoms with E-state index in [-0.39, 0.29) is 0 Å². The van der Waals surface area contributed by atoms with Crippen molar-refractivity contribution in [3.63, 3.8) is 0 Å². The van der Waals surface area contributed by atoms with Crippen LogP contribution in [0.2, 0.25) is 0 Å². The molecule has 5 nitrogen and oxygen atoms in total. The molecule has 1 aromatic heterocycles. The van der Waals surface area contributed by atoms with E-state index in [9.17, 15) is 0 Å². The second-order valence-electron chi connectivity index (χ2n) is 4.03. The van der Waals surface area contributed by atoms with Crippen molar-refractivity contribution < 1.29 is 9.47 Å². The summed E-state index contributed by atoms with van der Waals surface area (Å²) in [7, 11) is 3.29. The summed E-state index contributed by atoms with van der Waals surface area (Å²) in [6, 6.07) is 0. The first kappa shape index (κ1) is 15.3. The zero-order valence-corrected chi connectivity index (χ0v) is 12.9. The molecule has 102 valence electrons. The van der Waals surface area contributed by atoms with E-state index in [1.54, 1.807) is 14.2 Å². The summed E-state index contributed by atoms with van der Waals surface area (Å²) in [4.78, 5) is 8.86. The first-order chi connectivity index (χ1) is 8.54. The van der Waals surface area contributed by atoms with Crippen LogP contribution in [0.15, 0.2) is 4.47 Å².